The van der Waals surface area contributed by atoms with Crippen LogP contribution in [0.5, 0.6) is 5.75 Å². The summed E-state index contributed by atoms with van der Waals surface area (Å²) in [5.74, 6) is -0.521. The summed E-state index contributed by atoms with van der Waals surface area (Å²) in [5, 5.41) is 11.6. The number of aliphatic hydroxyl groups is 1. The number of likely N-dealkylation sites (tertiary alicyclic amines) is 1. The molecule has 0 radical (unpaired) electrons. The third-order valence-corrected chi connectivity index (χ3v) is 8.49. The first kappa shape index (κ1) is 26.5. The normalized spacial score (nSPS) is 22.3. The van der Waals surface area contributed by atoms with Gasteiger partial charge in [-0.25, -0.2) is 13.1 Å². The van der Waals surface area contributed by atoms with E-state index in [1.807, 2.05) is 48.3 Å². The second kappa shape index (κ2) is 10.2. The lowest BCUT2D eigenvalue weighted by atomic mass is 9.95. The van der Waals surface area contributed by atoms with Crippen molar-refractivity contribution in [2.45, 2.75) is 42.3 Å². The maximum atomic E-state index is 13.2. The van der Waals surface area contributed by atoms with Gasteiger partial charge in [0.15, 0.2) is 0 Å². The molecule has 0 bridgehead atoms. The van der Waals surface area contributed by atoms with Gasteiger partial charge in [-0.3, -0.25) is 0 Å². The lowest BCUT2D eigenvalue weighted by Crippen LogP contribution is -2.64. The maximum Gasteiger partial charge on any atom is 0.573 e. The molecule has 5 rings (SSSR count). The Hall–Kier alpha value is -3.12. The van der Waals surface area contributed by atoms with Crippen LogP contribution in [0.4, 0.5) is 24.5 Å². The van der Waals surface area contributed by atoms with Crippen LogP contribution < -0.4 is 14.4 Å². The van der Waals surface area contributed by atoms with E-state index < -0.39 is 40.3 Å². The van der Waals surface area contributed by atoms with Gasteiger partial charge in [-0.05, 0) is 67.4 Å². The molecule has 0 spiro atoms. The number of fused-ring (bicyclic) bond motifs is 2. The number of aliphatic hydroxyl groups excluding tert-OH is 1. The molecule has 1 fully saturated rings. The third kappa shape index (κ3) is 5.51. The molecule has 0 aromatic heterocycles. The summed E-state index contributed by atoms with van der Waals surface area (Å²) in [6.07, 6.45) is -4.28. The molecule has 7 nitrogen and oxygen atoms in total. The second-order valence-electron chi connectivity index (χ2n) is 9.65. The standard InChI is InChI=1S/C27H28F3N3O4S/c1-32-16-22(31-38(35,36)21-14-12-20(13-15-21)37-27(28,29)30)26(34)25(17-32)33-23-8-4-2-6-18(23)10-11-19-7-3-5-9-24(19)33/h2-9,12-15,22,25-26,31,34H,10-11,16-17H2,1H3/t22-,25+,26+/m0/s1. The van der Waals surface area contributed by atoms with Gasteiger partial charge in [0.1, 0.15) is 5.75 Å². The number of anilines is 2. The van der Waals surface area contributed by atoms with E-state index in [1.54, 1.807) is 0 Å². The Morgan fingerprint density at radius 3 is 2.00 bits per heavy atom. The molecule has 11 heteroatoms. The van der Waals surface area contributed by atoms with E-state index in [9.17, 15) is 26.7 Å². The van der Waals surface area contributed by atoms with Crippen LogP contribution in [0.3, 0.4) is 0 Å². The number of likely N-dealkylation sites (N-methyl/N-ethyl adjacent to an activating group) is 1. The van der Waals surface area contributed by atoms with Crippen LogP contribution in [0, 0.1) is 0 Å². The average Bonchev–Trinajstić information content (AvgIpc) is 3.02. The Morgan fingerprint density at radius 1 is 0.895 bits per heavy atom. The Labute approximate surface area is 219 Å². The number of nitrogens with zero attached hydrogens (tertiary/aromatic N) is 2. The van der Waals surface area contributed by atoms with Crippen LogP contribution in [0.1, 0.15) is 11.1 Å². The van der Waals surface area contributed by atoms with E-state index in [0.717, 1.165) is 59.6 Å². The molecule has 202 valence electrons. The number of sulfonamides is 1. The number of aryl methyl sites for hydroxylation is 2. The zero-order chi connectivity index (χ0) is 27.1. The van der Waals surface area contributed by atoms with Gasteiger partial charge in [0, 0.05) is 24.5 Å². The highest BCUT2D eigenvalue weighted by atomic mass is 32.2. The van der Waals surface area contributed by atoms with Crippen LogP contribution in [0.25, 0.3) is 0 Å². The molecule has 2 aliphatic rings. The zero-order valence-electron chi connectivity index (χ0n) is 20.6. The summed E-state index contributed by atoms with van der Waals surface area (Å²) in [4.78, 5) is 3.85. The van der Waals surface area contributed by atoms with Crippen molar-refractivity contribution in [3.8, 4) is 5.75 Å². The third-order valence-electron chi connectivity index (χ3n) is 6.99. The summed E-state index contributed by atoms with van der Waals surface area (Å²) in [6, 6.07) is 18.7. The summed E-state index contributed by atoms with van der Waals surface area (Å²) in [6.45, 7) is 0.745. The number of halogens is 3. The molecule has 3 aromatic carbocycles. The zero-order valence-corrected chi connectivity index (χ0v) is 21.4. The molecule has 2 aliphatic heterocycles. The molecule has 2 heterocycles. The van der Waals surface area contributed by atoms with Crippen molar-refractivity contribution in [1.29, 1.82) is 0 Å². The fraction of sp³-hybridized carbons (Fsp3) is 0.333. The number of para-hydroxylation sites is 2. The van der Waals surface area contributed by atoms with Crippen LogP contribution >= 0.6 is 0 Å². The SMILES string of the molecule is CN1C[C@H](NS(=O)(=O)c2ccc(OC(F)(F)F)cc2)[C@@H](O)[C@H](N2c3ccccc3CCc3ccccc32)C1. The Morgan fingerprint density at radius 2 is 1.45 bits per heavy atom. The Bertz CT molecular complexity index is 1350. The fourth-order valence-electron chi connectivity index (χ4n) is 5.31. The first-order valence-corrected chi connectivity index (χ1v) is 13.7. The number of benzene rings is 3. The Balaban J connectivity index is 1.44. The van der Waals surface area contributed by atoms with Crippen molar-refractivity contribution in [1.82, 2.24) is 9.62 Å². The Kier molecular flexibility index (Phi) is 7.12. The number of hydrogen-bond acceptors (Lipinski definition) is 6. The topological polar surface area (TPSA) is 82.1 Å². The predicted molar refractivity (Wildman–Crippen MR) is 137 cm³/mol. The minimum absolute atomic E-state index is 0.227. The van der Waals surface area contributed by atoms with E-state index >= 15 is 0 Å². The molecule has 2 N–H and O–H groups in total. The minimum atomic E-state index is -4.88. The molecule has 0 amide bonds. The lowest BCUT2D eigenvalue weighted by Gasteiger charge is -2.46. The highest BCUT2D eigenvalue weighted by Gasteiger charge is 2.42. The first-order chi connectivity index (χ1) is 18.0. The summed E-state index contributed by atoms with van der Waals surface area (Å²) in [7, 11) is -2.29. The van der Waals surface area contributed by atoms with Crippen LogP contribution in [-0.2, 0) is 22.9 Å². The minimum Gasteiger partial charge on any atom is -0.406 e. The van der Waals surface area contributed by atoms with Gasteiger partial charge in [0.05, 0.1) is 23.1 Å². The number of rotatable bonds is 5. The quantitative estimate of drug-likeness (QED) is 0.505. The van der Waals surface area contributed by atoms with E-state index in [1.165, 1.54) is 0 Å². The van der Waals surface area contributed by atoms with Crippen molar-refractivity contribution in [2.24, 2.45) is 0 Å². The second-order valence-corrected chi connectivity index (χ2v) is 11.4. The molecule has 0 unspecified atom stereocenters. The van der Waals surface area contributed by atoms with Crippen LogP contribution in [-0.4, -0.2) is 63.1 Å². The monoisotopic (exact) mass is 547 g/mol. The summed E-state index contributed by atoms with van der Waals surface area (Å²) < 4.78 is 70.2. The first-order valence-electron chi connectivity index (χ1n) is 12.2. The number of piperidine rings is 1. The number of nitrogens with one attached hydrogen (secondary N) is 1. The highest BCUT2D eigenvalue weighted by Crippen LogP contribution is 2.39. The van der Waals surface area contributed by atoms with Crippen molar-refractivity contribution < 1.29 is 31.4 Å². The molecule has 38 heavy (non-hydrogen) atoms. The van der Waals surface area contributed by atoms with E-state index in [2.05, 4.69) is 26.5 Å². The number of hydrogen-bond donors (Lipinski definition) is 2. The molecule has 1 saturated heterocycles. The van der Waals surface area contributed by atoms with Gasteiger partial charge < -0.3 is 19.6 Å². The fourth-order valence-corrected chi connectivity index (χ4v) is 6.56. The number of ether oxygens (including phenoxy) is 1. The molecular weight excluding hydrogens is 519 g/mol. The molecular formula is C27H28F3N3O4S. The van der Waals surface area contributed by atoms with Gasteiger partial charge in [-0.2, -0.15) is 0 Å². The number of alkyl halides is 3. The summed E-state index contributed by atoms with van der Waals surface area (Å²) in [5.41, 5.74) is 4.22. The lowest BCUT2D eigenvalue weighted by molar-refractivity contribution is -0.274. The molecule has 0 saturated carbocycles. The van der Waals surface area contributed by atoms with E-state index in [4.69, 9.17) is 0 Å². The van der Waals surface area contributed by atoms with Gasteiger partial charge in [-0.15, -0.1) is 13.2 Å². The molecule has 3 aromatic rings. The van der Waals surface area contributed by atoms with Gasteiger partial charge in [-0.1, -0.05) is 36.4 Å². The maximum absolute atomic E-state index is 13.2. The van der Waals surface area contributed by atoms with Crippen molar-refractivity contribution >= 4 is 21.4 Å². The van der Waals surface area contributed by atoms with Crippen LogP contribution in [0.2, 0.25) is 0 Å². The predicted octanol–water partition coefficient (Wildman–Crippen LogP) is 3.84. The van der Waals surface area contributed by atoms with E-state index in [-0.39, 0.29) is 11.4 Å². The van der Waals surface area contributed by atoms with Crippen molar-refractivity contribution in [3.05, 3.63) is 83.9 Å². The highest BCUT2D eigenvalue weighted by molar-refractivity contribution is 7.89. The van der Waals surface area contributed by atoms with Gasteiger partial charge >= 0.3 is 6.36 Å². The van der Waals surface area contributed by atoms with Gasteiger partial charge in [0.25, 0.3) is 0 Å². The molecule has 3 atom stereocenters. The van der Waals surface area contributed by atoms with Gasteiger partial charge in [0.2, 0.25) is 10.0 Å². The van der Waals surface area contributed by atoms with E-state index in [0.29, 0.717) is 6.54 Å². The molecule has 0 aliphatic carbocycles. The van der Waals surface area contributed by atoms with Crippen LogP contribution in [0.15, 0.2) is 77.7 Å². The smallest absolute Gasteiger partial charge is 0.406 e. The average molecular weight is 548 g/mol. The summed E-state index contributed by atoms with van der Waals surface area (Å²) >= 11 is 0. The van der Waals surface area contributed by atoms with Crippen molar-refractivity contribution in [3.63, 3.8) is 0 Å². The largest absolute Gasteiger partial charge is 0.573 e. The van der Waals surface area contributed by atoms with Crippen molar-refractivity contribution in [2.75, 3.05) is 25.0 Å².